The summed E-state index contributed by atoms with van der Waals surface area (Å²) in [4.78, 5) is 42.6. The van der Waals surface area contributed by atoms with Crippen molar-refractivity contribution in [1.29, 1.82) is 0 Å². The molecule has 0 bridgehead atoms. The summed E-state index contributed by atoms with van der Waals surface area (Å²) in [5, 5.41) is 18.3. The largest absolute Gasteiger partial charge is 0.490 e. The first-order valence-electron chi connectivity index (χ1n) is 16.2. The number of hydrogen-bond acceptors (Lipinski definition) is 6. The molecule has 1 heterocycles. The maximum Gasteiger partial charge on any atom is 0.416 e. The van der Waals surface area contributed by atoms with Crippen molar-refractivity contribution in [3.05, 3.63) is 53.6 Å². The molecule has 48 heavy (non-hydrogen) atoms. The molecule has 2 aromatic rings. The number of benzene rings is 2. The van der Waals surface area contributed by atoms with Crippen LogP contribution < -0.4 is 20.7 Å². The zero-order valence-corrected chi connectivity index (χ0v) is 28.4. The number of anilines is 2. The van der Waals surface area contributed by atoms with Crippen molar-refractivity contribution in [2.75, 3.05) is 44.0 Å². The lowest BCUT2D eigenvalue weighted by molar-refractivity contribution is -0.137. The molecule has 266 valence electrons. The van der Waals surface area contributed by atoms with Crippen LogP contribution in [0.5, 0.6) is 5.75 Å². The molecule has 3 rings (SSSR count). The third-order valence-electron chi connectivity index (χ3n) is 7.99. The molecular weight excluding hydrogens is 631 g/mol. The van der Waals surface area contributed by atoms with Gasteiger partial charge in [-0.3, -0.25) is 4.79 Å². The van der Waals surface area contributed by atoms with Crippen molar-refractivity contribution in [1.82, 2.24) is 15.1 Å². The number of hydrogen-bond donors (Lipinski definition) is 4. The van der Waals surface area contributed by atoms with Gasteiger partial charge in [-0.15, -0.1) is 0 Å². The number of nitrogens with zero attached hydrogens (tertiary/aromatic N) is 2. The molecule has 0 unspecified atom stereocenters. The number of carbonyl (C=O) groups excluding carboxylic acids is 3. The van der Waals surface area contributed by atoms with Crippen molar-refractivity contribution in [3.63, 3.8) is 0 Å². The van der Waals surface area contributed by atoms with Crippen LogP contribution in [0.1, 0.15) is 69.8 Å². The van der Waals surface area contributed by atoms with E-state index >= 15 is 0 Å². The van der Waals surface area contributed by atoms with Crippen molar-refractivity contribution < 1.29 is 42.1 Å². The molecule has 0 fully saturated rings. The smallest absolute Gasteiger partial charge is 0.416 e. The van der Waals surface area contributed by atoms with Crippen LogP contribution in [0.15, 0.2) is 42.5 Å². The molecule has 1 aliphatic rings. The highest BCUT2D eigenvalue weighted by Gasteiger charge is 2.32. The Bertz CT molecular complexity index is 1370. The fourth-order valence-corrected chi connectivity index (χ4v) is 5.21. The van der Waals surface area contributed by atoms with Crippen LogP contribution in [0.3, 0.4) is 0 Å². The second-order valence-electron chi connectivity index (χ2n) is 12.6. The third kappa shape index (κ3) is 11.3. The van der Waals surface area contributed by atoms with Gasteiger partial charge in [0.15, 0.2) is 0 Å². The van der Waals surface area contributed by atoms with E-state index in [1.54, 1.807) is 32.2 Å². The number of urea groups is 2. The van der Waals surface area contributed by atoms with Gasteiger partial charge in [-0.1, -0.05) is 6.92 Å². The molecule has 2 aromatic carbocycles. The van der Waals surface area contributed by atoms with Crippen molar-refractivity contribution in [2.45, 2.75) is 84.3 Å². The Hall–Kier alpha value is -4.04. The fourth-order valence-electron chi connectivity index (χ4n) is 5.21. The van der Waals surface area contributed by atoms with Gasteiger partial charge in [0.05, 0.1) is 36.0 Å². The van der Waals surface area contributed by atoms with Crippen LogP contribution in [-0.2, 0) is 10.9 Å². The maximum atomic E-state index is 14.2. The highest BCUT2D eigenvalue weighted by Crippen LogP contribution is 2.30. The number of carbonyl (C=O) groups is 3. The minimum atomic E-state index is -4.49. The lowest BCUT2D eigenvalue weighted by Crippen LogP contribution is -2.48. The minimum absolute atomic E-state index is 0.0967. The van der Waals surface area contributed by atoms with Crippen LogP contribution in [-0.4, -0.2) is 90.5 Å². The molecule has 0 radical (unpaired) electrons. The number of nitrogens with one attached hydrogen (secondary N) is 3. The lowest BCUT2D eigenvalue weighted by Gasteiger charge is -2.35. The number of likely N-dealkylation sites (N-methyl/N-ethyl adjacent to an activating group) is 1. The molecule has 14 heteroatoms. The van der Waals surface area contributed by atoms with Crippen LogP contribution in [0.25, 0.3) is 0 Å². The minimum Gasteiger partial charge on any atom is -0.490 e. The Labute approximate surface area is 280 Å². The second-order valence-corrected chi connectivity index (χ2v) is 12.6. The summed E-state index contributed by atoms with van der Waals surface area (Å²) in [6.07, 6.45) is -3.08. The molecule has 0 aliphatic carbocycles. The summed E-state index contributed by atoms with van der Waals surface area (Å²) < 4.78 is 51.4. The molecular formula is C34H48F3N5O6. The fraction of sp³-hybridized carbons (Fsp3) is 0.559. The number of ether oxygens (including phenoxy) is 2. The Morgan fingerprint density at radius 3 is 2.33 bits per heavy atom. The summed E-state index contributed by atoms with van der Waals surface area (Å²) in [5.74, 6) is -0.383. The summed E-state index contributed by atoms with van der Waals surface area (Å²) >= 11 is 0. The van der Waals surface area contributed by atoms with Gasteiger partial charge >= 0.3 is 18.2 Å². The van der Waals surface area contributed by atoms with E-state index in [4.69, 9.17) is 9.47 Å². The molecule has 4 atom stereocenters. The Morgan fingerprint density at radius 1 is 1.04 bits per heavy atom. The molecule has 11 nitrogen and oxygen atoms in total. The summed E-state index contributed by atoms with van der Waals surface area (Å²) in [5.41, 5.74) is 0.00189. The van der Waals surface area contributed by atoms with E-state index in [1.807, 2.05) is 27.7 Å². The first-order chi connectivity index (χ1) is 22.6. The third-order valence-corrected chi connectivity index (χ3v) is 7.99. The van der Waals surface area contributed by atoms with E-state index in [1.165, 1.54) is 21.9 Å². The Kier molecular flexibility index (Phi) is 13.9. The monoisotopic (exact) mass is 679 g/mol. The number of aliphatic hydroxyl groups excluding tert-OH is 1. The summed E-state index contributed by atoms with van der Waals surface area (Å²) in [6, 6.07) is 7.40. The predicted molar refractivity (Wildman–Crippen MR) is 177 cm³/mol. The zero-order valence-electron chi connectivity index (χ0n) is 28.4. The van der Waals surface area contributed by atoms with E-state index in [0.717, 1.165) is 25.0 Å². The highest BCUT2D eigenvalue weighted by atomic mass is 19.4. The van der Waals surface area contributed by atoms with E-state index in [0.29, 0.717) is 24.5 Å². The average molecular weight is 680 g/mol. The van der Waals surface area contributed by atoms with E-state index < -0.39 is 41.9 Å². The van der Waals surface area contributed by atoms with Crippen LogP contribution >= 0.6 is 0 Å². The molecule has 5 amide bonds. The van der Waals surface area contributed by atoms with Gasteiger partial charge in [-0.2, -0.15) is 13.2 Å². The van der Waals surface area contributed by atoms with Gasteiger partial charge in [0.2, 0.25) is 0 Å². The number of aliphatic hydroxyl groups is 1. The quantitative estimate of drug-likeness (QED) is 0.276. The standard InChI is InChI=1S/C34H48F3N5O6/c1-21(2)38-32(45)39-27-14-15-29-28(17-27)31(44)42(23(4)20-43)18-22(3)30(47-16-8-7-9-24(5)48-29)19-41(6)33(46)40-26-12-10-25(11-13-26)34(35,36)37/h10-15,17,21-24,30,43H,7-9,16,18-20H2,1-6H3,(H,40,46)(H2,38,39,45)/t22-,23+,24-,30+/m0/s1. The van der Waals surface area contributed by atoms with Gasteiger partial charge in [0, 0.05) is 50.1 Å². The zero-order chi connectivity index (χ0) is 35.6. The van der Waals surface area contributed by atoms with E-state index in [9.17, 15) is 32.7 Å². The molecule has 4 N–H and O–H groups in total. The SMILES string of the molecule is CC(C)NC(=O)Nc1ccc2c(c1)C(=O)N([C@H](C)CO)C[C@H](C)[C@@H](CN(C)C(=O)Nc1ccc(C(F)(F)F)cc1)OCCCC[C@H](C)O2. The van der Waals surface area contributed by atoms with Crippen LogP contribution in [0, 0.1) is 5.92 Å². The number of alkyl halides is 3. The normalized spacial score (nSPS) is 20.2. The first-order valence-corrected chi connectivity index (χ1v) is 16.2. The predicted octanol–water partition coefficient (Wildman–Crippen LogP) is 6.19. The van der Waals surface area contributed by atoms with Gasteiger partial charge in [0.1, 0.15) is 5.75 Å². The van der Waals surface area contributed by atoms with Crippen LogP contribution in [0.4, 0.5) is 34.1 Å². The summed E-state index contributed by atoms with van der Waals surface area (Å²) in [6.45, 7) is 9.52. The van der Waals surface area contributed by atoms with Gasteiger partial charge in [-0.25, -0.2) is 9.59 Å². The number of amides is 5. The van der Waals surface area contributed by atoms with Gasteiger partial charge in [-0.05, 0) is 89.4 Å². The van der Waals surface area contributed by atoms with Crippen LogP contribution in [0.2, 0.25) is 0 Å². The van der Waals surface area contributed by atoms with Crippen molar-refractivity contribution in [3.8, 4) is 5.75 Å². The van der Waals surface area contributed by atoms with Gasteiger partial charge < -0.3 is 40.3 Å². The molecule has 0 saturated heterocycles. The van der Waals surface area contributed by atoms with E-state index in [-0.39, 0.29) is 49.0 Å². The maximum absolute atomic E-state index is 14.2. The number of fused-ring (bicyclic) bond motifs is 1. The molecule has 0 spiro atoms. The van der Waals surface area contributed by atoms with Crippen molar-refractivity contribution in [2.24, 2.45) is 5.92 Å². The number of rotatable bonds is 7. The average Bonchev–Trinajstić information content (AvgIpc) is 3.01. The Balaban J connectivity index is 1.86. The van der Waals surface area contributed by atoms with Crippen molar-refractivity contribution >= 4 is 29.3 Å². The van der Waals surface area contributed by atoms with E-state index in [2.05, 4.69) is 16.0 Å². The Morgan fingerprint density at radius 2 is 1.71 bits per heavy atom. The molecule has 0 aromatic heterocycles. The summed E-state index contributed by atoms with van der Waals surface area (Å²) in [7, 11) is 1.55. The molecule has 1 aliphatic heterocycles. The number of halogens is 3. The second kappa shape index (κ2) is 17.4. The topological polar surface area (TPSA) is 132 Å². The first kappa shape index (κ1) is 38.4. The van der Waals surface area contributed by atoms with Gasteiger partial charge in [0.25, 0.3) is 5.91 Å². The molecule has 0 saturated carbocycles. The lowest BCUT2D eigenvalue weighted by atomic mass is 10.0. The highest BCUT2D eigenvalue weighted by molar-refractivity contribution is 5.99.